The molecule has 0 fully saturated rings. The Balaban J connectivity index is 2.08. The first kappa shape index (κ1) is 12.7. The number of nitrogens with one attached hydrogen (secondary N) is 2. The topological polar surface area (TPSA) is 87.2 Å². The molecule has 0 aliphatic rings. The van der Waals surface area contributed by atoms with Gasteiger partial charge in [-0.05, 0) is 18.6 Å². The summed E-state index contributed by atoms with van der Waals surface area (Å²) >= 11 is 0. The zero-order valence-electron chi connectivity index (χ0n) is 10.3. The van der Waals surface area contributed by atoms with E-state index in [-0.39, 0.29) is 11.3 Å². The van der Waals surface area contributed by atoms with Crippen LogP contribution in [-0.4, -0.2) is 21.8 Å². The van der Waals surface area contributed by atoms with Gasteiger partial charge in [0.2, 0.25) is 0 Å². The van der Waals surface area contributed by atoms with Crippen molar-refractivity contribution in [2.75, 3.05) is 0 Å². The van der Waals surface area contributed by atoms with Crippen LogP contribution in [0.5, 0.6) is 0 Å². The molecule has 0 aliphatic heterocycles. The molecule has 0 saturated heterocycles. The highest BCUT2D eigenvalue weighted by molar-refractivity contribution is 6.00. The number of benzene rings is 1. The first-order chi connectivity index (χ1) is 9.16. The molecule has 1 amide bonds. The van der Waals surface area contributed by atoms with E-state index in [1.807, 2.05) is 30.3 Å². The van der Waals surface area contributed by atoms with E-state index in [4.69, 9.17) is 0 Å². The highest BCUT2D eigenvalue weighted by atomic mass is 16.2. The molecule has 0 aliphatic carbocycles. The van der Waals surface area contributed by atoms with Gasteiger partial charge in [0, 0.05) is 6.07 Å². The van der Waals surface area contributed by atoms with E-state index in [1.54, 1.807) is 6.92 Å². The van der Waals surface area contributed by atoms with E-state index < -0.39 is 5.91 Å². The molecule has 1 heterocycles. The smallest absolute Gasteiger partial charge is 0.268 e. The number of nitrogens with zero attached hydrogens (tertiary/aromatic N) is 2. The molecule has 0 atom stereocenters. The number of aromatic nitrogens is 2. The van der Waals surface area contributed by atoms with Crippen LogP contribution >= 0.6 is 0 Å². The standard InChI is InChI=1S/C13H12N4O2/c1-9(10-5-3-2-4-6-10)14-17-13(19)11-7-8-12(18)16-15-11/h2-8H,1H3,(H,16,18)(H,17,19). The molecule has 6 heteroatoms. The molecular weight excluding hydrogens is 244 g/mol. The van der Waals surface area contributed by atoms with Gasteiger partial charge in [0.05, 0.1) is 5.71 Å². The van der Waals surface area contributed by atoms with Crippen LogP contribution < -0.4 is 11.0 Å². The monoisotopic (exact) mass is 256 g/mol. The van der Waals surface area contributed by atoms with Crippen molar-refractivity contribution >= 4 is 11.6 Å². The van der Waals surface area contributed by atoms with Crippen molar-refractivity contribution in [3.05, 3.63) is 64.1 Å². The lowest BCUT2D eigenvalue weighted by molar-refractivity contribution is 0.0948. The van der Waals surface area contributed by atoms with E-state index in [0.29, 0.717) is 5.71 Å². The Morgan fingerprint density at radius 3 is 2.58 bits per heavy atom. The molecule has 2 N–H and O–H groups in total. The molecule has 0 radical (unpaired) electrons. The summed E-state index contributed by atoms with van der Waals surface area (Å²) in [6.07, 6.45) is 0. The summed E-state index contributed by atoms with van der Waals surface area (Å²) in [6, 6.07) is 12.0. The summed E-state index contributed by atoms with van der Waals surface area (Å²) < 4.78 is 0. The quantitative estimate of drug-likeness (QED) is 0.632. The van der Waals surface area contributed by atoms with Gasteiger partial charge in [0.1, 0.15) is 0 Å². The molecule has 2 rings (SSSR count). The Morgan fingerprint density at radius 1 is 1.21 bits per heavy atom. The van der Waals surface area contributed by atoms with Crippen LogP contribution in [0.25, 0.3) is 0 Å². The number of hydrogen-bond donors (Lipinski definition) is 2. The molecule has 0 bridgehead atoms. The lowest BCUT2D eigenvalue weighted by Gasteiger charge is -2.01. The zero-order chi connectivity index (χ0) is 13.7. The molecule has 0 spiro atoms. The number of hydrazone groups is 1. The van der Waals surface area contributed by atoms with Crippen LogP contribution in [0.3, 0.4) is 0 Å². The van der Waals surface area contributed by atoms with Gasteiger partial charge in [-0.2, -0.15) is 10.2 Å². The van der Waals surface area contributed by atoms with Crippen LogP contribution in [0.2, 0.25) is 0 Å². The third-order valence-corrected chi connectivity index (χ3v) is 2.43. The number of aromatic amines is 1. The highest BCUT2D eigenvalue weighted by Gasteiger charge is 2.06. The largest absolute Gasteiger partial charge is 0.291 e. The first-order valence-corrected chi connectivity index (χ1v) is 5.62. The number of amides is 1. The fourth-order valence-corrected chi connectivity index (χ4v) is 1.41. The molecule has 6 nitrogen and oxygen atoms in total. The third kappa shape index (κ3) is 3.35. The van der Waals surface area contributed by atoms with Crippen LogP contribution in [0, 0.1) is 0 Å². The van der Waals surface area contributed by atoms with Crippen molar-refractivity contribution in [1.29, 1.82) is 0 Å². The minimum atomic E-state index is -0.480. The van der Waals surface area contributed by atoms with Crippen molar-refractivity contribution < 1.29 is 4.79 Å². The number of carbonyl (C=O) groups excluding carboxylic acids is 1. The van der Waals surface area contributed by atoms with Gasteiger partial charge >= 0.3 is 0 Å². The Kier molecular flexibility index (Phi) is 3.82. The third-order valence-electron chi connectivity index (χ3n) is 2.43. The number of carbonyl (C=O) groups is 1. The molecule has 19 heavy (non-hydrogen) atoms. The van der Waals surface area contributed by atoms with E-state index in [9.17, 15) is 9.59 Å². The maximum atomic E-state index is 11.7. The molecule has 1 aromatic carbocycles. The van der Waals surface area contributed by atoms with Gasteiger partial charge in [0.25, 0.3) is 11.5 Å². The van der Waals surface area contributed by atoms with Crippen molar-refractivity contribution in [2.45, 2.75) is 6.92 Å². The second-order valence-electron chi connectivity index (χ2n) is 3.81. The van der Waals surface area contributed by atoms with E-state index in [1.165, 1.54) is 12.1 Å². The lowest BCUT2D eigenvalue weighted by Crippen LogP contribution is -2.22. The van der Waals surface area contributed by atoms with Crippen molar-refractivity contribution in [3.63, 3.8) is 0 Å². The molecule has 0 unspecified atom stereocenters. The van der Waals surface area contributed by atoms with Crippen LogP contribution in [-0.2, 0) is 0 Å². The summed E-state index contributed by atoms with van der Waals surface area (Å²) in [4.78, 5) is 22.5. The van der Waals surface area contributed by atoms with Crippen molar-refractivity contribution in [2.24, 2.45) is 5.10 Å². The van der Waals surface area contributed by atoms with Gasteiger partial charge in [-0.3, -0.25) is 9.59 Å². The molecule has 2 aromatic rings. The zero-order valence-corrected chi connectivity index (χ0v) is 10.3. The highest BCUT2D eigenvalue weighted by Crippen LogP contribution is 2.00. The van der Waals surface area contributed by atoms with Crippen LogP contribution in [0.1, 0.15) is 23.0 Å². The summed E-state index contributed by atoms with van der Waals surface area (Å²) in [5.41, 5.74) is 3.71. The number of hydrogen-bond acceptors (Lipinski definition) is 4. The normalized spacial score (nSPS) is 11.1. The van der Waals surface area contributed by atoms with Crippen molar-refractivity contribution in [1.82, 2.24) is 15.6 Å². The van der Waals surface area contributed by atoms with Gasteiger partial charge in [-0.15, -0.1) is 0 Å². The summed E-state index contributed by atoms with van der Waals surface area (Å²) in [7, 11) is 0. The lowest BCUT2D eigenvalue weighted by atomic mass is 10.1. The van der Waals surface area contributed by atoms with Crippen molar-refractivity contribution in [3.8, 4) is 0 Å². The number of H-pyrrole nitrogens is 1. The molecule has 0 saturated carbocycles. The Labute approximate surface area is 109 Å². The summed E-state index contributed by atoms with van der Waals surface area (Å²) in [5.74, 6) is -0.480. The Bertz CT molecular complexity index is 641. The second kappa shape index (κ2) is 5.72. The van der Waals surface area contributed by atoms with Crippen LogP contribution in [0.15, 0.2) is 52.4 Å². The first-order valence-electron chi connectivity index (χ1n) is 5.62. The SMILES string of the molecule is CC(=NNC(=O)c1ccc(=O)[nH]n1)c1ccccc1. The average Bonchev–Trinajstić information content (AvgIpc) is 2.46. The summed E-state index contributed by atoms with van der Waals surface area (Å²) in [6.45, 7) is 1.79. The molecule has 1 aromatic heterocycles. The van der Waals surface area contributed by atoms with E-state index in [0.717, 1.165) is 5.56 Å². The fraction of sp³-hybridized carbons (Fsp3) is 0.0769. The minimum Gasteiger partial charge on any atom is -0.268 e. The molecular formula is C13H12N4O2. The Morgan fingerprint density at radius 2 is 1.95 bits per heavy atom. The predicted octanol–water partition coefficient (Wildman–Crippen LogP) is 0.924. The van der Waals surface area contributed by atoms with E-state index >= 15 is 0 Å². The summed E-state index contributed by atoms with van der Waals surface area (Å²) in [5, 5.41) is 9.77. The average molecular weight is 256 g/mol. The van der Waals surface area contributed by atoms with E-state index in [2.05, 4.69) is 20.7 Å². The fourth-order valence-electron chi connectivity index (χ4n) is 1.41. The van der Waals surface area contributed by atoms with Gasteiger partial charge in [0.15, 0.2) is 5.69 Å². The predicted molar refractivity (Wildman–Crippen MR) is 71.0 cm³/mol. The van der Waals surface area contributed by atoms with Crippen LogP contribution in [0.4, 0.5) is 0 Å². The maximum absolute atomic E-state index is 11.7. The minimum absolute atomic E-state index is 0.101. The van der Waals surface area contributed by atoms with Gasteiger partial charge in [-0.25, -0.2) is 10.5 Å². The Hall–Kier alpha value is -2.76. The van der Waals surface area contributed by atoms with Gasteiger partial charge in [-0.1, -0.05) is 30.3 Å². The second-order valence-corrected chi connectivity index (χ2v) is 3.81. The van der Waals surface area contributed by atoms with Gasteiger partial charge < -0.3 is 0 Å². The molecule has 96 valence electrons. The number of rotatable bonds is 3. The maximum Gasteiger partial charge on any atom is 0.291 e.